The number of aromatic nitrogens is 1. The number of carbonyl (C=O) groups excluding carboxylic acids is 3. The van der Waals surface area contributed by atoms with E-state index in [0.717, 1.165) is 0 Å². The van der Waals surface area contributed by atoms with Gasteiger partial charge < -0.3 is 24.9 Å². The smallest absolute Gasteiger partial charge is 0.317 e. The van der Waals surface area contributed by atoms with Gasteiger partial charge in [-0.1, -0.05) is 0 Å². The lowest BCUT2D eigenvalue weighted by molar-refractivity contribution is 0.0868. The molecular formula is C21H29N5O4. The van der Waals surface area contributed by atoms with E-state index in [2.05, 4.69) is 5.32 Å². The quantitative estimate of drug-likeness (QED) is 0.665. The lowest BCUT2D eigenvalue weighted by Crippen LogP contribution is -2.53. The van der Waals surface area contributed by atoms with Gasteiger partial charge in [-0.3, -0.25) is 14.5 Å². The number of carbonyl (C=O) groups is 3. The number of nitrogens with two attached hydrogens (primary N) is 1. The van der Waals surface area contributed by atoms with Crippen molar-refractivity contribution in [2.45, 2.75) is 33.4 Å². The summed E-state index contributed by atoms with van der Waals surface area (Å²) >= 11 is 0. The summed E-state index contributed by atoms with van der Waals surface area (Å²) < 4.78 is 7.18. The molecule has 2 aromatic heterocycles. The van der Waals surface area contributed by atoms with Crippen LogP contribution >= 0.6 is 0 Å². The van der Waals surface area contributed by atoms with Crippen molar-refractivity contribution < 1.29 is 18.8 Å². The van der Waals surface area contributed by atoms with Gasteiger partial charge in [0.1, 0.15) is 5.76 Å². The van der Waals surface area contributed by atoms with Crippen molar-refractivity contribution in [2.75, 3.05) is 32.7 Å². The largest absolute Gasteiger partial charge is 0.467 e. The third-order valence-corrected chi connectivity index (χ3v) is 5.25. The SMILES string of the molecule is Cc1c(C(N)=O)cc(C(=O)CN2CCN(C(=O)NC(C)C)CC2)n1Cc1ccco1. The van der Waals surface area contributed by atoms with Crippen LogP contribution in [0.1, 0.15) is 46.1 Å². The van der Waals surface area contributed by atoms with Crippen molar-refractivity contribution in [3.8, 4) is 0 Å². The highest BCUT2D eigenvalue weighted by molar-refractivity contribution is 6.01. The molecular weight excluding hydrogens is 386 g/mol. The maximum absolute atomic E-state index is 13.1. The molecule has 0 atom stereocenters. The number of primary amides is 1. The van der Waals surface area contributed by atoms with Crippen LogP contribution in [0.5, 0.6) is 0 Å². The van der Waals surface area contributed by atoms with Crippen LogP contribution in [0.3, 0.4) is 0 Å². The van der Waals surface area contributed by atoms with Gasteiger partial charge in [0.05, 0.1) is 30.6 Å². The second-order valence-electron chi connectivity index (χ2n) is 7.85. The molecule has 3 N–H and O–H groups in total. The number of hydrogen-bond donors (Lipinski definition) is 2. The van der Waals surface area contributed by atoms with Crippen LogP contribution in [0, 0.1) is 6.92 Å². The van der Waals surface area contributed by atoms with Crippen molar-refractivity contribution in [1.29, 1.82) is 0 Å². The minimum Gasteiger partial charge on any atom is -0.467 e. The van der Waals surface area contributed by atoms with Crippen molar-refractivity contribution in [1.82, 2.24) is 19.7 Å². The molecule has 162 valence electrons. The molecule has 9 heteroatoms. The Labute approximate surface area is 175 Å². The summed E-state index contributed by atoms with van der Waals surface area (Å²) in [5, 5.41) is 2.89. The second-order valence-corrected chi connectivity index (χ2v) is 7.85. The predicted octanol–water partition coefficient (Wildman–Crippen LogP) is 1.46. The first kappa shape index (κ1) is 21.6. The number of piperazine rings is 1. The Morgan fingerprint density at radius 3 is 2.47 bits per heavy atom. The summed E-state index contributed by atoms with van der Waals surface area (Å²) in [4.78, 5) is 40.8. The molecule has 0 aliphatic carbocycles. The number of rotatable bonds is 7. The van der Waals surface area contributed by atoms with E-state index in [-0.39, 0.29) is 24.4 Å². The molecule has 0 unspecified atom stereocenters. The average Bonchev–Trinajstić information content (AvgIpc) is 3.31. The summed E-state index contributed by atoms with van der Waals surface area (Å²) in [6.07, 6.45) is 1.57. The van der Waals surface area contributed by atoms with Crippen LogP contribution in [-0.4, -0.2) is 70.9 Å². The standard InChI is InChI=1S/C21H29N5O4/c1-14(2)23-21(29)25-8-6-24(7-9-25)13-19(27)18-11-17(20(22)28)15(3)26(18)12-16-5-4-10-30-16/h4-5,10-11,14H,6-9,12-13H2,1-3H3,(H2,22,28)(H,23,29). The molecule has 1 aliphatic heterocycles. The van der Waals surface area contributed by atoms with Gasteiger partial charge in [-0.2, -0.15) is 0 Å². The van der Waals surface area contributed by atoms with Crippen molar-refractivity contribution >= 4 is 17.7 Å². The fourth-order valence-electron chi connectivity index (χ4n) is 3.62. The van der Waals surface area contributed by atoms with E-state index in [1.807, 2.05) is 24.8 Å². The number of nitrogens with zero attached hydrogens (tertiary/aromatic N) is 3. The number of urea groups is 1. The lowest BCUT2D eigenvalue weighted by Gasteiger charge is -2.34. The van der Waals surface area contributed by atoms with E-state index in [1.54, 1.807) is 34.8 Å². The molecule has 0 bridgehead atoms. The van der Waals surface area contributed by atoms with Crippen LogP contribution in [0.25, 0.3) is 0 Å². The molecule has 3 amide bonds. The van der Waals surface area contributed by atoms with Crippen LogP contribution < -0.4 is 11.1 Å². The van der Waals surface area contributed by atoms with Crippen LogP contribution in [0.4, 0.5) is 4.79 Å². The molecule has 2 aromatic rings. The Balaban J connectivity index is 1.69. The van der Waals surface area contributed by atoms with Crippen LogP contribution in [0.15, 0.2) is 28.9 Å². The van der Waals surface area contributed by atoms with Crippen molar-refractivity contribution in [2.24, 2.45) is 5.73 Å². The fraction of sp³-hybridized carbons (Fsp3) is 0.476. The van der Waals surface area contributed by atoms with Crippen LogP contribution in [0.2, 0.25) is 0 Å². The van der Waals surface area contributed by atoms with Gasteiger partial charge in [0.2, 0.25) is 0 Å². The normalized spacial score (nSPS) is 14.9. The topological polar surface area (TPSA) is 114 Å². The van der Waals surface area contributed by atoms with Gasteiger partial charge in [-0.15, -0.1) is 0 Å². The number of amides is 3. The molecule has 3 heterocycles. The summed E-state index contributed by atoms with van der Waals surface area (Å²) in [5.74, 6) is 0.0188. The molecule has 9 nitrogen and oxygen atoms in total. The molecule has 1 fully saturated rings. The van der Waals surface area contributed by atoms with Gasteiger partial charge in [0.25, 0.3) is 5.91 Å². The minimum absolute atomic E-state index is 0.0787. The Morgan fingerprint density at radius 1 is 1.20 bits per heavy atom. The molecule has 0 saturated carbocycles. The average molecular weight is 415 g/mol. The molecule has 30 heavy (non-hydrogen) atoms. The van der Waals surface area contributed by atoms with E-state index < -0.39 is 5.91 Å². The van der Waals surface area contributed by atoms with Gasteiger partial charge in [-0.05, 0) is 39.0 Å². The highest BCUT2D eigenvalue weighted by atomic mass is 16.3. The van der Waals surface area contributed by atoms with E-state index in [1.165, 1.54) is 0 Å². The second kappa shape index (κ2) is 9.17. The number of nitrogens with one attached hydrogen (secondary N) is 1. The maximum Gasteiger partial charge on any atom is 0.317 e. The first-order chi connectivity index (χ1) is 14.3. The zero-order chi connectivity index (χ0) is 21.8. The fourth-order valence-corrected chi connectivity index (χ4v) is 3.62. The number of furan rings is 1. The number of ketones is 1. The first-order valence-corrected chi connectivity index (χ1v) is 10.1. The minimum atomic E-state index is -0.565. The number of Topliss-reactive ketones (excluding diaryl/α,β-unsaturated/α-hetero) is 1. The Bertz CT molecular complexity index is 908. The Hall–Kier alpha value is -3.07. The third kappa shape index (κ3) is 4.91. The van der Waals surface area contributed by atoms with Crippen molar-refractivity contribution in [3.63, 3.8) is 0 Å². The van der Waals surface area contributed by atoms with Crippen LogP contribution in [-0.2, 0) is 6.54 Å². The summed E-state index contributed by atoms with van der Waals surface area (Å²) in [5.41, 5.74) is 6.89. The monoisotopic (exact) mass is 415 g/mol. The molecule has 3 rings (SSSR count). The summed E-state index contributed by atoms with van der Waals surface area (Å²) in [6, 6.07) is 5.17. The zero-order valence-corrected chi connectivity index (χ0v) is 17.7. The number of hydrogen-bond acceptors (Lipinski definition) is 5. The molecule has 1 saturated heterocycles. The zero-order valence-electron chi connectivity index (χ0n) is 17.7. The molecule has 0 spiro atoms. The predicted molar refractivity (Wildman–Crippen MR) is 112 cm³/mol. The van der Waals surface area contributed by atoms with E-state index in [0.29, 0.717) is 55.4 Å². The highest BCUT2D eigenvalue weighted by Crippen LogP contribution is 2.19. The van der Waals surface area contributed by atoms with Gasteiger partial charge in [-0.25, -0.2) is 4.79 Å². The van der Waals surface area contributed by atoms with E-state index in [4.69, 9.17) is 10.2 Å². The molecule has 0 aromatic carbocycles. The summed E-state index contributed by atoms with van der Waals surface area (Å²) in [6.45, 7) is 8.51. The highest BCUT2D eigenvalue weighted by Gasteiger charge is 2.26. The first-order valence-electron chi connectivity index (χ1n) is 10.1. The Morgan fingerprint density at radius 2 is 1.90 bits per heavy atom. The summed E-state index contributed by atoms with van der Waals surface area (Å²) in [7, 11) is 0. The third-order valence-electron chi connectivity index (χ3n) is 5.25. The Kier molecular flexibility index (Phi) is 6.61. The van der Waals surface area contributed by atoms with Gasteiger partial charge in [0, 0.05) is 37.9 Å². The molecule has 1 aliphatic rings. The van der Waals surface area contributed by atoms with Gasteiger partial charge in [0.15, 0.2) is 5.78 Å². The van der Waals surface area contributed by atoms with E-state index >= 15 is 0 Å². The van der Waals surface area contributed by atoms with Gasteiger partial charge >= 0.3 is 6.03 Å². The lowest BCUT2D eigenvalue weighted by atomic mass is 10.2. The van der Waals surface area contributed by atoms with E-state index in [9.17, 15) is 14.4 Å². The van der Waals surface area contributed by atoms with Crippen molar-refractivity contribution in [3.05, 3.63) is 47.2 Å². The molecule has 0 radical (unpaired) electrons. The maximum atomic E-state index is 13.1.